The van der Waals surface area contributed by atoms with Crippen molar-refractivity contribution in [1.82, 2.24) is 9.97 Å². The van der Waals surface area contributed by atoms with Crippen LogP contribution in [-0.2, 0) is 4.74 Å². The Morgan fingerprint density at radius 3 is 2.77 bits per heavy atom. The maximum Gasteiger partial charge on any atom is 0.362 e. The fourth-order valence-electron chi connectivity index (χ4n) is 0.736. The normalized spacial score (nSPS) is 9.46. The molecule has 70 valence electrons. The number of halogens is 1. The molecule has 1 rings (SSSR count). The third-order valence-electron chi connectivity index (χ3n) is 1.28. The Labute approximate surface area is 83.2 Å². The number of rotatable bonds is 2. The third kappa shape index (κ3) is 2.15. The van der Waals surface area contributed by atoms with Gasteiger partial charge in [0.25, 0.3) is 0 Å². The van der Waals surface area contributed by atoms with Gasteiger partial charge in [0.1, 0.15) is 4.60 Å². The van der Waals surface area contributed by atoms with Crippen LogP contribution < -0.4 is 4.74 Å². The average molecular weight is 247 g/mol. The highest BCUT2D eigenvalue weighted by Gasteiger charge is 2.16. The van der Waals surface area contributed by atoms with E-state index >= 15 is 0 Å². The fourth-order valence-corrected chi connectivity index (χ4v) is 1.02. The van der Waals surface area contributed by atoms with E-state index in [4.69, 9.17) is 4.74 Å². The SMILES string of the molecule is COC(=O)c1nc(Br)cnc1OC. The number of ether oxygens (including phenoxy) is 2. The zero-order valence-electron chi connectivity index (χ0n) is 7.07. The summed E-state index contributed by atoms with van der Waals surface area (Å²) in [7, 11) is 2.68. The van der Waals surface area contributed by atoms with Crippen LogP contribution >= 0.6 is 15.9 Å². The Bertz CT molecular complexity index is 330. The standard InChI is InChI=1S/C7H7BrN2O3/c1-12-6-5(7(11)13-2)10-4(8)3-9-6/h3H,1-2H3. The lowest BCUT2D eigenvalue weighted by Crippen LogP contribution is -2.08. The molecule has 0 aromatic carbocycles. The van der Waals surface area contributed by atoms with Crippen LogP contribution in [0.3, 0.4) is 0 Å². The summed E-state index contributed by atoms with van der Waals surface area (Å²) in [6.45, 7) is 0. The first kappa shape index (κ1) is 9.91. The van der Waals surface area contributed by atoms with Gasteiger partial charge in [-0.1, -0.05) is 0 Å². The molecule has 0 saturated carbocycles. The highest BCUT2D eigenvalue weighted by atomic mass is 79.9. The first-order valence-corrected chi connectivity index (χ1v) is 4.13. The molecule has 6 heteroatoms. The third-order valence-corrected chi connectivity index (χ3v) is 1.66. The second kappa shape index (κ2) is 4.18. The Morgan fingerprint density at radius 2 is 2.23 bits per heavy atom. The van der Waals surface area contributed by atoms with Crippen LogP contribution in [0.4, 0.5) is 0 Å². The number of hydrogen-bond acceptors (Lipinski definition) is 5. The molecule has 0 fully saturated rings. The van der Waals surface area contributed by atoms with Gasteiger partial charge in [0, 0.05) is 0 Å². The van der Waals surface area contributed by atoms with Gasteiger partial charge in [0.05, 0.1) is 20.4 Å². The van der Waals surface area contributed by atoms with Crippen molar-refractivity contribution in [3.63, 3.8) is 0 Å². The molecular formula is C7H7BrN2O3. The van der Waals surface area contributed by atoms with E-state index in [2.05, 4.69) is 30.6 Å². The summed E-state index contributed by atoms with van der Waals surface area (Å²) in [6.07, 6.45) is 1.44. The van der Waals surface area contributed by atoms with Gasteiger partial charge in [0.15, 0.2) is 0 Å². The van der Waals surface area contributed by atoms with Crippen LogP contribution in [0.1, 0.15) is 10.5 Å². The zero-order valence-corrected chi connectivity index (χ0v) is 8.66. The Balaban J connectivity index is 3.15. The van der Waals surface area contributed by atoms with Crippen molar-refractivity contribution in [2.24, 2.45) is 0 Å². The van der Waals surface area contributed by atoms with Gasteiger partial charge in [-0.3, -0.25) is 0 Å². The highest BCUT2D eigenvalue weighted by molar-refractivity contribution is 9.10. The Hall–Kier alpha value is -1.17. The number of esters is 1. The molecule has 0 aliphatic carbocycles. The van der Waals surface area contributed by atoms with Gasteiger partial charge in [-0.25, -0.2) is 14.8 Å². The van der Waals surface area contributed by atoms with Crippen molar-refractivity contribution >= 4 is 21.9 Å². The molecule has 0 spiro atoms. The minimum Gasteiger partial charge on any atom is -0.479 e. The maximum absolute atomic E-state index is 11.1. The van der Waals surface area contributed by atoms with E-state index in [-0.39, 0.29) is 11.6 Å². The van der Waals surface area contributed by atoms with E-state index in [9.17, 15) is 4.79 Å². The van der Waals surface area contributed by atoms with Gasteiger partial charge < -0.3 is 9.47 Å². The second-order valence-electron chi connectivity index (χ2n) is 2.04. The summed E-state index contributed by atoms with van der Waals surface area (Å²) in [4.78, 5) is 18.8. The van der Waals surface area contributed by atoms with Crippen molar-refractivity contribution in [3.05, 3.63) is 16.5 Å². The van der Waals surface area contributed by atoms with Crippen LogP contribution in [-0.4, -0.2) is 30.2 Å². The number of nitrogens with zero attached hydrogens (tertiary/aromatic N) is 2. The van der Waals surface area contributed by atoms with Crippen molar-refractivity contribution in [1.29, 1.82) is 0 Å². The Morgan fingerprint density at radius 1 is 1.54 bits per heavy atom. The minimum absolute atomic E-state index is 0.0550. The number of methoxy groups -OCH3 is 2. The van der Waals surface area contributed by atoms with Crippen LogP contribution in [0.5, 0.6) is 5.88 Å². The van der Waals surface area contributed by atoms with Crippen molar-refractivity contribution < 1.29 is 14.3 Å². The number of aromatic nitrogens is 2. The predicted molar refractivity (Wildman–Crippen MR) is 47.6 cm³/mol. The molecule has 13 heavy (non-hydrogen) atoms. The van der Waals surface area contributed by atoms with Crippen molar-refractivity contribution in [2.45, 2.75) is 0 Å². The zero-order chi connectivity index (χ0) is 9.84. The van der Waals surface area contributed by atoms with E-state index in [1.807, 2.05) is 0 Å². The quantitative estimate of drug-likeness (QED) is 0.730. The minimum atomic E-state index is -0.578. The summed E-state index contributed by atoms with van der Waals surface area (Å²) >= 11 is 3.09. The van der Waals surface area contributed by atoms with E-state index in [1.54, 1.807) is 0 Å². The average Bonchev–Trinajstić information content (AvgIpc) is 2.16. The monoisotopic (exact) mass is 246 g/mol. The van der Waals surface area contributed by atoms with Gasteiger partial charge in [0.2, 0.25) is 11.6 Å². The lowest BCUT2D eigenvalue weighted by molar-refractivity contribution is 0.0588. The first-order chi connectivity index (χ1) is 6.19. The molecule has 0 bridgehead atoms. The second-order valence-corrected chi connectivity index (χ2v) is 2.85. The number of carbonyl (C=O) groups excluding carboxylic acids is 1. The first-order valence-electron chi connectivity index (χ1n) is 3.34. The van der Waals surface area contributed by atoms with Crippen molar-refractivity contribution in [2.75, 3.05) is 14.2 Å². The molecule has 1 aromatic heterocycles. The summed E-state index contributed by atoms with van der Waals surface area (Å²) < 4.78 is 9.77. The van der Waals surface area contributed by atoms with Crippen LogP contribution in [0.2, 0.25) is 0 Å². The van der Waals surface area contributed by atoms with Crippen LogP contribution in [0, 0.1) is 0 Å². The smallest absolute Gasteiger partial charge is 0.362 e. The molecule has 0 N–H and O–H groups in total. The van der Waals surface area contributed by atoms with Crippen molar-refractivity contribution in [3.8, 4) is 5.88 Å². The van der Waals surface area contributed by atoms with Gasteiger partial charge >= 0.3 is 5.97 Å². The summed E-state index contributed by atoms with van der Waals surface area (Å²) in [5.41, 5.74) is 0.0550. The van der Waals surface area contributed by atoms with Gasteiger partial charge in [-0.2, -0.15) is 0 Å². The number of hydrogen-bond donors (Lipinski definition) is 0. The lowest BCUT2D eigenvalue weighted by atomic mass is 10.4. The molecule has 1 heterocycles. The van der Waals surface area contributed by atoms with Gasteiger partial charge in [-0.05, 0) is 15.9 Å². The van der Waals surface area contributed by atoms with Crippen LogP contribution in [0.15, 0.2) is 10.8 Å². The number of carbonyl (C=O) groups is 1. The summed E-state index contributed by atoms with van der Waals surface area (Å²) in [5, 5.41) is 0. The Kier molecular flexibility index (Phi) is 3.18. The molecule has 0 saturated heterocycles. The molecule has 0 amide bonds. The predicted octanol–water partition coefficient (Wildman–Crippen LogP) is 1.03. The van der Waals surface area contributed by atoms with Gasteiger partial charge in [-0.15, -0.1) is 0 Å². The fraction of sp³-hybridized carbons (Fsp3) is 0.286. The highest BCUT2D eigenvalue weighted by Crippen LogP contribution is 2.15. The molecule has 0 unspecified atom stereocenters. The molecule has 1 aromatic rings. The topological polar surface area (TPSA) is 61.3 Å². The van der Waals surface area contributed by atoms with E-state index in [0.717, 1.165) is 0 Å². The molecule has 0 radical (unpaired) electrons. The van der Waals surface area contributed by atoms with E-state index in [0.29, 0.717) is 4.60 Å². The lowest BCUT2D eigenvalue weighted by Gasteiger charge is -2.03. The molecular weight excluding hydrogens is 240 g/mol. The maximum atomic E-state index is 11.1. The molecule has 0 aliphatic rings. The van der Waals surface area contributed by atoms with Crippen LogP contribution in [0.25, 0.3) is 0 Å². The van der Waals surface area contributed by atoms with E-state index in [1.165, 1.54) is 20.4 Å². The molecule has 5 nitrogen and oxygen atoms in total. The molecule has 0 aliphatic heterocycles. The summed E-state index contributed by atoms with van der Waals surface area (Å²) in [5.74, 6) is -0.430. The van der Waals surface area contributed by atoms with E-state index < -0.39 is 5.97 Å². The largest absolute Gasteiger partial charge is 0.479 e. The summed E-state index contributed by atoms with van der Waals surface area (Å²) in [6, 6.07) is 0. The molecule has 0 atom stereocenters.